The molecule has 0 bridgehead atoms. The molecular weight excluding hydrogens is 383 g/mol. The first-order valence-electron chi connectivity index (χ1n) is 8.51. The molecule has 4 rings (SSSR count). The van der Waals surface area contributed by atoms with E-state index in [1.807, 2.05) is 54.4 Å². The third-order valence-corrected chi connectivity index (χ3v) is 4.85. The Hall–Kier alpha value is -2.21. The first-order valence-corrected chi connectivity index (χ1v) is 8.51. The highest BCUT2D eigenvalue weighted by molar-refractivity contribution is 6.00. The molecule has 1 amide bonds. The number of para-hydroxylation sites is 1. The SMILES string of the molecule is Cc1c(C(=O)N2CCNCC2c2cccnc2)cnc2ccccc12.Cl.Cl. The normalized spacial score (nSPS) is 16.3. The fourth-order valence-electron chi connectivity index (χ4n) is 3.47. The number of nitrogens with zero attached hydrogens (tertiary/aromatic N) is 3. The summed E-state index contributed by atoms with van der Waals surface area (Å²) in [4.78, 5) is 23.9. The zero-order chi connectivity index (χ0) is 17.2. The highest BCUT2D eigenvalue weighted by Crippen LogP contribution is 2.26. The van der Waals surface area contributed by atoms with E-state index in [9.17, 15) is 4.79 Å². The van der Waals surface area contributed by atoms with Gasteiger partial charge < -0.3 is 10.2 Å². The standard InChI is InChI=1S/C20H20N4O.2ClH/c1-14-16-6-2-3-7-18(16)23-12-17(14)20(25)24-10-9-22-13-19(24)15-5-4-8-21-11-15;;/h2-8,11-12,19,22H,9-10,13H2,1H3;2*1H. The van der Waals surface area contributed by atoms with Crippen LogP contribution in [0.3, 0.4) is 0 Å². The molecule has 0 radical (unpaired) electrons. The summed E-state index contributed by atoms with van der Waals surface area (Å²) >= 11 is 0. The van der Waals surface area contributed by atoms with Crippen LogP contribution >= 0.6 is 24.8 Å². The van der Waals surface area contributed by atoms with Gasteiger partial charge >= 0.3 is 0 Å². The number of piperazine rings is 1. The number of pyridine rings is 2. The highest BCUT2D eigenvalue weighted by atomic mass is 35.5. The van der Waals surface area contributed by atoms with Gasteiger partial charge in [0, 0.05) is 43.6 Å². The van der Waals surface area contributed by atoms with Crippen molar-refractivity contribution in [3.8, 4) is 0 Å². The van der Waals surface area contributed by atoms with Crippen LogP contribution in [0.2, 0.25) is 0 Å². The number of rotatable bonds is 2. The number of hydrogen-bond donors (Lipinski definition) is 1. The zero-order valence-electron chi connectivity index (χ0n) is 15.0. The first-order chi connectivity index (χ1) is 12.3. The van der Waals surface area contributed by atoms with Crippen molar-refractivity contribution in [3.05, 3.63) is 71.7 Å². The predicted octanol–water partition coefficient (Wildman–Crippen LogP) is 3.57. The number of fused-ring (bicyclic) bond motifs is 1. The summed E-state index contributed by atoms with van der Waals surface area (Å²) in [7, 11) is 0. The predicted molar refractivity (Wildman–Crippen MR) is 112 cm³/mol. The molecule has 1 fully saturated rings. The van der Waals surface area contributed by atoms with Crippen LogP contribution in [0.25, 0.3) is 10.9 Å². The third-order valence-electron chi connectivity index (χ3n) is 4.85. The number of amides is 1. The molecule has 3 aromatic rings. The van der Waals surface area contributed by atoms with Crippen molar-refractivity contribution in [2.75, 3.05) is 19.6 Å². The maximum Gasteiger partial charge on any atom is 0.256 e. The molecule has 5 nitrogen and oxygen atoms in total. The number of hydrogen-bond acceptors (Lipinski definition) is 4. The smallest absolute Gasteiger partial charge is 0.256 e. The highest BCUT2D eigenvalue weighted by Gasteiger charge is 2.29. The molecule has 0 spiro atoms. The molecule has 7 heteroatoms. The van der Waals surface area contributed by atoms with Gasteiger partial charge in [0.1, 0.15) is 0 Å². The molecule has 3 heterocycles. The van der Waals surface area contributed by atoms with Gasteiger partial charge in [-0.05, 0) is 30.2 Å². The van der Waals surface area contributed by atoms with Gasteiger partial charge in [0.2, 0.25) is 0 Å². The van der Waals surface area contributed by atoms with Crippen LogP contribution in [0.4, 0.5) is 0 Å². The maximum absolute atomic E-state index is 13.3. The number of halogens is 2. The topological polar surface area (TPSA) is 58.1 Å². The fourth-order valence-corrected chi connectivity index (χ4v) is 3.47. The average Bonchev–Trinajstić information content (AvgIpc) is 2.69. The van der Waals surface area contributed by atoms with Gasteiger partial charge in [-0.1, -0.05) is 24.3 Å². The number of aryl methyl sites for hydroxylation is 1. The minimum atomic E-state index is -0.0131. The summed E-state index contributed by atoms with van der Waals surface area (Å²) < 4.78 is 0. The monoisotopic (exact) mass is 404 g/mol. The van der Waals surface area contributed by atoms with E-state index in [2.05, 4.69) is 15.3 Å². The lowest BCUT2D eigenvalue weighted by Crippen LogP contribution is -2.48. The van der Waals surface area contributed by atoms with E-state index < -0.39 is 0 Å². The van der Waals surface area contributed by atoms with Crippen LogP contribution in [-0.4, -0.2) is 40.4 Å². The Labute approximate surface area is 171 Å². The number of carbonyl (C=O) groups excluding carboxylic acids is 1. The van der Waals surface area contributed by atoms with Gasteiger partial charge in [-0.25, -0.2) is 0 Å². The Morgan fingerprint density at radius 2 is 1.96 bits per heavy atom. The van der Waals surface area contributed by atoms with Crippen LogP contribution < -0.4 is 5.32 Å². The lowest BCUT2D eigenvalue weighted by atomic mass is 10.0. The van der Waals surface area contributed by atoms with E-state index in [1.54, 1.807) is 12.4 Å². The molecule has 1 N–H and O–H groups in total. The number of nitrogens with one attached hydrogen (secondary N) is 1. The largest absolute Gasteiger partial charge is 0.329 e. The minimum absolute atomic E-state index is 0. The van der Waals surface area contributed by atoms with Gasteiger partial charge in [-0.3, -0.25) is 14.8 Å². The van der Waals surface area contributed by atoms with Gasteiger partial charge in [0.25, 0.3) is 5.91 Å². The Morgan fingerprint density at radius 3 is 2.74 bits per heavy atom. The summed E-state index contributed by atoms with van der Waals surface area (Å²) in [5.41, 5.74) is 3.63. The second-order valence-corrected chi connectivity index (χ2v) is 6.32. The molecule has 1 aliphatic heterocycles. The third kappa shape index (κ3) is 4.05. The number of carbonyl (C=O) groups is 1. The lowest BCUT2D eigenvalue weighted by molar-refractivity contribution is 0.0633. The van der Waals surface area contributed by atoms with Crippen molar-refractivity contribution in [3.63, 3.8) is 0 Å². The molecule has 1 aliphatic rings. The molecular formula is C20H22Cl2N4O. The second-order valence-electron chi connectivity index (χ2n) is 6.32. The van der Waals surface area contributed by atoms with Crippen molar-refractivity contribution >= 4 is 41.6 Å². The van der Waals surface area contributed by atoms with Crippen LogP contribution in [0, 0.1) is 6.92 Å². The summed E-state index contributed by atoms with van der Waals surface area (Å²) in [6.45, 7) is 4.20. The van der Waals surface area contributed by atoms with E-state index in [0.29, 0.717) is 12.1 Å². The zero-order valence-corrected chi connectivity index (χ0v) is 16.6. The fraction of sp³-hybridized carbons (Fsp3) is 0.250. The number of benzene rings is 1. The maximum atomic E-state index is 13.3. The van der Waals surface area contributed by atoms with E-state index >= 15 is 0 Å². The summed E-state index contributed by atoms with van der Waals surface area (Å²) in [6, 6.07) is 11.9. The van der Waals surface area contributed by atoms with Crippen molar-refractivity contribution in [2.45, 2.75) is 13.0 Å². The van der Waals surface area contributed by atoms with Gasteiger partial charge in [0.15, 0.2) is 0 Å². The van der Waals surface area contributed by atoms with Crippen molar-refractivity contribution < 1.29 is 4.79 Å². The van der Waals surface area contributed by atoms with Gasteiger partial charge in [-0.15, -0.1) is 24.8 Å². The minimum Gasteiger partial charge on any atom is -0.329 e. The van der Waals surface area contributed by atoms with E-state index in [-0.39, 0.29) is 36.8 Å². The lowest BCUT2D eigenvalue weighted by Gasteiger charge is -2.36. The Kier molecular flexibility index (Phi) is 7.13. The van der Waals surface area contributed by atoms with Gasteiger partial charge in [0.05, 0.1) is 17.1 Å². The van der Waals surface area contributed by atoms with E-state index in [0.717, 1.165) is 35.1 Å². The molecule has 0 aliphatic carbocycles. The van der Waals surface area contributed by atoms with Crippen LogP contribution in [-0.2, 0) is 0 Å². The first kappa shape index (κ1) is 21.1. The summed E-state index contributed by atoms with van der Waals surface area (Å²) in [5, 5.41) is 4.41. The van der Waals surface area contributed by atoms with E-state index in [4.69, 9.17) is 0 Å². The average molecular weight is 405 g/mol. The Balaban J connectivity index is 0.00000131. The summed E-state index contributed by atoms with van der Waals surface area (Å²) in [6.07, 6.45) is 5.30. The van der Waals surface area contributed by atoms with Crippen molar-refractivity contribution in [1.82, 2.24) is 20.2 Å². The molecule has 1 unspecified atom stereocenters. The molecule has 142 valence electrons. The van der Waals surface area contributed by atoms with Crippen LogP contribution in [0.5, 0.6) is 0 Å². The van der Waals surface area contributed by atoms with Crippen molar-refractivity contribution in [1.29, 1.82) is 0 Å². The molecule has 2 aromatic heterocycles. The van der Waals surface area contributed by atoms with Crippen molar-refractivity contribution in [2.24, 2.45) is 0 Å². The molecule has 1 atom stereocenters. The summed E-state index contributed by atoms with van der Waals surface area (Å²) in [5.74, 6) is 0.0334. The molecule has 27 heavy (non-hydrogen) atoms. The molecule has 1 aromatic carbocycles. The van der Waals surface area contributed by atoms with Gasteiger partial charge in [-0.2, -0.15) is 0 Å². The number of aromatic nitrogens is 2. The van der Waals surface area contributed by atoms with Crippen LogP contribution in [0.15, 0.2) is 55.0 Å². The Morgan fingerprint density at radius 1 is 1.15 bits per heavy atom. The second kappa shape index (κ2) is 9.13. The van der Waals surface area contributed by atoms with Crippen LogP contribution in [0.1, 0.15) is 27.5 Å². The molecule has 0 saturated carbocycles. The Bertz CT molecular complexity index is 920. The molecule has 1 saturated heterocycles. The van der Waals surface area contributed by atoms with E-state index in [1.165, 1.54) is 0 Å². The quantitative estimate of drug-likeness (QED) is 0.708.